The Morgan fingerprint density at radius 1 is 0.905 bits per heavy atom. The molecule has 0 aliphatic heterocycles. The Bertz CT molecular complexity index is 696. The van der Waals surface area contributed by atoms with Crippen LogP contribution in [-0.2, 0) is 10.1 Å². The Balaban J connectivity index is 2.18. The molecule has 0 aliphatic rings. The first-order valence-corrected chi connectivity index (χ1v) is 7.84. The predicted molar refractivity (Wildman–Crippen MR) is 72.6 cm³/mol. The molecule has 2 aromatic rings. The first-order chi connectivity index (χ1) is 9.76. The highest BCUT2D eigenvalue weighted by Gasteiger charge is 2.29. The van der Waals surface area contributed by atoms with Crippen LogP contribution in [0.4, 0.5) is 13.2 Å². The average Bonchev–Trinajstić information content (AvgIpc) is 2.38. The quantitative estimate of drug-likeness (QED) is 0.624. The summed E-state index contributed by atoms with van der Waals surface area (Å²) in [6, 6.07) is 12.2. The summed E-state index contributed by atoms with van der Waals surface area (Å²) in [5.41, 5.74) is -4.42. The van der Waals surface area contributed by atoms with Gasteiger partial charge in [0.15, 0.2) is 0 Å². The standard InChI is InChI=1S/C13H9F3O3S2/c14-13(15,16)20-11-6-8-12(9-7-11)21(17,18)19-10-4-2-1-3-5-10/h1-9H. The molecule has 2 rings (SSSR count). The first kappa shape index (κ1) is 15.7. The molecule has 0 aromatic heterocycles. The fourth-order valence-corrected chi connectivity index (χ4v) is 2.93. The predicted octanol–water partition coefficient (Wildman–Crippen LogP) is 4.07. The van der Waals surface area contributed by atoms with Gasteiger partial charge >= 0.3 is 15.6 Å². The van der Waals surface area contributed by atoms with Gasteiger partial charge < -0.3 is 4.18 Å². The van der Waals surface area contributed by atoms with E-state index < -0.39 is 15.6 Å². The lowest BCUT2D eigenvalue weighted by atomic mass is 10.3. The molecule has 0 unspecified atom stereocenters. The molecule has 0 atom stereocenters. The largest absolute Gasteiger partial charge is 0.446 e. The zero-order valence-electron chi connectivity index (χ0n) is 10.4. The minimum atomic E-state index is -4.42. The lowest BCUT2D eigenvalue weighted by Gasteiger charge is -2.08. The SMILES string of the molecule is O=S(=O)(Oc1ccccc1)c1ccc(SC(F)(F)F)cc1. The summed E-state index contributed by atoms with van der Waals surface area (Å²) in [5.74, 6) is 0.131. The van der Waals surface area contributed by atoms with Gasteiger partial charge in [-0.3, -0.25) is 0 Å². The average molecular weight is 334 g/mol. The Kier molecular flexibility index (Phi) is 4.48. The van der Waals surface area contributed by atoms with E-state index in [9.17, 15) is 21.6 Å². The van der Waals surface area contributed by atoms with Crippen LogP contribution in [0, 0.1) is 0 Å². The molecular formula is C13H9F3O3S2. The molecular weight excluding hydrogens is 325 g/mol. The molecule has 2 aromatic carbocycles. The maximum absolute atomic E-state index is 12.2. The van der Waals surface area contributed by atoms with Crippen molar-refractivity contribution in [2.24, 2.45) is 0 Å². The third kappa shape index (κ3) is 4.68. The molecule has 0 N–H and O–H groups in total. The fraction of sp³-hybridized carbons (Fsp3) is 0.0769. The van der Waals surface area contributed by atoms with Crippen molar-refractivity contribution in [1.82, 2.24) is 0 Å². The van der Waals surface area contributed by atoms with E-state index >= 15 is 0 Å². The molecule has 0 fully saturated rings. The smallest absolute Gasteiger partial charge is 0.379 e. The van der Waals surface area contributed by atoms with Crippen LogP contribution >= 0.6 is 11.8 Å². The van der Waals surface area contributed by atoms with E-state index in [1.165, 1.54) is 12.1 Å². The van der Waals surface area contributed by atoms with Gasteiger partial charge in [0.05, 0.1) is 0 Å². The molecule has 0 saturated heterocycles. The molecule has 8 heteroatoms. The molecule has 112 valence electrons. The third-order valence-electron chi connectivity index (χ3n) is 2.30. The number of rotatable bonds is 4. The first-order valence-electron chi connectivity index (χ1n) is 5.62. The lowest BCUT2D eigenvalue weighted by molar-refractivity contribution is -0.0328. The van der Waals surface area contributed by atoms with Crippen molar-refractivity contribution in [2.45, 2.75) is 15.3 Å². The maximum Gasteiger partial charge on any atom is 0.446 e. The summed E-state index contributed by atoms with van der Waals surface area (Å²) in [6.45, 7) is 0. The van der Waals surface area contributed by atoms with Crippen LogP contribution in [0.2, 0.25) is 0 Å². The lowest BCUT2D eigenvalue weighted by Crippen LogP contribution is -2.09. The van der Waals surface area contributed by atoms with Crippen LogP contribution in [-0.4, -0.2) is 13.9 Å². The highest BCUT2D eigenvalue weighted by molar-refractivity contribution is 8.00. The molecule has 0 aliphatic carbocycles. The van der Waals surface area contributed by atoms with Crippen LogP contribution in [0.1, 0.15) is 0 Å². The summed E-state index contributed by atoms with van der Waals surface area (Å²) in [4.78, 5) is -0.306. The van der Waals surface area contributed by atoms with Crippen molar-refractivity contribution < 1.29 is 25.8 Å². The van der Waals surface area contributed by atoms with Gasteiger partial charge in [0, 0.05) is 4.90 Å². The van der Waals surface area contributed by atoms with Crippen LogP contribution in [0.5, 0.6) is 5.75 Å². The van der Waals surface area contributed by atoms with Gasteiger partial charge in [-0.05, 0) is 48.2 Å². The second kappa shape index (κ2) is 5.98. The number of benzene rings is 2. The van der Waals surface area contributed by atoms with E-state index in [0.717, 1.165) is 24.3 Å². The van der Waals surface area contributed by atoms with Gasteiger partial charge in [0.2, 0.25) is 0 Å². The zero-order chi connectivity index (χ0) is 15.5. The molecule has 21 heavy (non-hydrogen) atoms. The number of para-hydroxylation sites is 1. The van der Waals surface area contributed by atoms with Crippen molar-refractivity contribution >= 4 is 21.9 Å². The van der Waals surface area contributed by atoms with Crippen molar-refractivity contribution in [1.29, 1.82) is 0 Å². The third-order valence-corrected chi connectivity index (χ3v) is 4.30. The van der Waals surface area contributed by atoms with E-state index in [1.807, 2.05) is 0 Å². The highest BCUT2D eigenvalue weighted by Crippen LogP contribution is 2.37. The van der Waals surface area contributed by atoms with E-state index in [4.69, 9.17) is 4.18 Å². The number of thioether (sulfide) groups is 1. The molecule has 0 bridgehead atoms. The zero-order valence-corrected chi connectivity index (χ0v) is 12.0. The van der Waals surface area contributed by atoms with Gasteiger partial charge in [0.25, 0.3) is 0 Å². The van der Waals surface area contributed by atoms with E-state index in [2.05, 4.69) is 0 Å². The van der Waals surface area contributed by atoms with Gasteiger partial charge in [-0.2, -0.15) is 21.6 Å². The molecule has 0 amide bonds. The number of alkyl halides is 3. The van der Waals surface area contributed by atoms with Crippen LogP contribution in [0.25, 0.3) is 0 Å². The fourth-order valence-electron chi connectivity index (χ4n) is 1.46. The van der Waals surface area contributed by atoms with Crippen LogP contribution in [0.15, 0.2) is 64.4 Å². The molecule has 0 spiro atoms. The van der Waals surface area contributed by atoms with Crippen LogP contribution in [0.3, 0.4) is 0 Å². The second-order valence-corrected chi connectivity index (χ2v) is 6.55. The minimum absolute atomic E-state index is 0.0961. The maximum atomic E-state index is 12.2. The monoisotopic (exact) mass is 334 g/mol. The highest BCUT2D eigenvalue weighted by atomic mass is 32.2. The summed E-state index contributed by atoms with van der Waals surface area (Å²) < 4.78 is 65.3. The van der Waals surface area contributed by atoms with Crippen molar-refractivity contribution in [3.63, 3.8) is 0 Å². The van der Waals surface area contributed by atoms with E-state index in [0.29, 0.717) is 0 Å². The van der Waals surface area contributed by atoms with Gasteiger partial charge in [0.1, 0.15) is 10.6 Å². The molecule has 0 saturated carbocycles. The Morgan fingerprint density at radius 2 is 1.48 bits per heavy atom. The summed E-state index contributed by atoms with van der Waals surface area (Å²) >= 11 is -0.312. The number of hydrogen-bond acceptors (Lipinski definition) is 4. The molecule has 0 heterocycles. The number of hydrogen-bond donors (Lipinski definition) is 0. The summed E-state index contributed by atoms with van der Waals surface area (Å²) in [5, 5.41) is 0. The Morgan fingerprint density at radius 3 is 2.00 bits per heavy atom. The van der Waals surface area contributed by atoms with Crippen molar-refractivity contribution in [2.75, 3.05) is 0 Å². The van der Waals surface area contributed by atoms with Gasteiger partial charge in [-0.15, -0.1) is 0 Å². The van der Waals surface area contributed by atoms with E-state index in [-0.39, 0.29) is 27.3 Å². The van der Waals surface area contributed by atoms with Crippen molar-refractivity contribution in [3.8, 4) is 5.75 Å². The minimum Gasteiger partial charge on any atom is -0.379 e. The van der Waals surface area contributed by atoms with Crippen molar-refractivity contribution in [3.05, 3.63) is 54.6 Å². The van der Waals surface area contributed by atoms with Gasteiger partial charge in [-0.25, -0.2) is 0 Å². The van der Waals surface area contributed by atoms with Gasteiger partial charge in [-0.1, -0.05) is 18.2 Å². The Hall–Kier alpha value is -1.67. The topological polar surface area (TPSA) is 43.4 Å². The summed E-state index contributed by atoms with van der Waals surface area (Å²) in [6.07, 6.45) is 0. The normalized spacial score (nSPS) is 12.1. The number of halogens is 3. The Labute approximate surface area is 123 Å². The summed E-state index contributed by atoms with van der Waals surface area (Å²) in [7, 11) is -4.06. The molecule has 0 radical (unpaired) electrons. The van der Waals surface area contributed by atoms with Crippen LogP contribution < -0.4 is 4.18 Å². The molecule has 3 nitrogen and oxygen atoms in total. The second-order valence-electron chi connectivity index (χ2n) is 3.87. The van der Waals surface area contributed by atoms with E-state index in [1.54, 1.807) is 18.2 Å².